The zero-order valence-corrected chi connectivity index (χ0v) is 4.53. The first-order valence-corrected chi connectivity index (χ1v) is 2.28. The Bertz CT molecular complexity index is 33.9. The molecule has 0 bridgehead atoms. The van der Waals surface area contributed by atoms with Crippen LogP contribution in [0.2, 0.25) is 0 Å². The molecule has 0 rings (SSSR count). The summed E-state index contributed by atoms with van der Waals surface area (Å²) in [6, 6.07) is 0. The molecule has 5 heavy (non-hydrogen) atoms. The Morgan fingerprint density at radius 2 is 2.20 bits per heavy atom. The molecule has 0 spiro atoms. The fraction of sp³-hybridized carbons (Fsp3) is 0.667. The molecular formula is C3H5BrO. The van der Waals surface area contributed by atoms with Crippen molar-refractivity contribution in [3.8, 4) is 0 Å². The molecule has 0 aromatic rings. The second kappa shape index (κ2) is 2.39. The first-order chi connectivity index (χ1) is 2.27. The van der Waals surface area contributed by atoms with E-state index in [9.17, 15) is 4.79 Å². The highest BCUT2D eigenvalue weighted by molar-refractivity contribution is 9.09. The van der Waals surface area contributed by atoms with Crippen molar-refractivity contribution in [3.05, 3.63) is 0 Å². The van der Waals surface area contributed by atoms with Crippen molar-refractivity contribution in [1.29, 1.82) is 0 Å². The van der Waals surface area contributed by atoms with Crippen LogP contribution in [0.5, 0.6) is 0 Å². The molecule has 2 heteroatoms. The van der Waals surface area contributed by atoms with Crippen LogP contribution in [0.1, 0.15) is 6.92 Å². The van der Waals surface area contributed by atoms with E-state index in [4.69, 9.17) is 0 Å². The highest BCUT2D eigenvalue weighted by Gasteiger charge is 1.82. The minimum Gasteiger partial charge on any atom is -0.302 e. The Balaban J connectivity index is 2.83. The van der Waals surface area contributed by atoms with Crippen LogP contribution < -0.4 is 0 Å². The van der Waals surface area contributed by atoms with E-state index in [1.165, 1.54) is 0 Å². The Morgan fingerprint density at radius 1 is 2.00 bits per heavy atom. The largest absolute Gasteiger partial charge is 0.302 e. The number of hydrogen-bond donors (Lipinski definition) is 0. The summed E-state index contributed by atoms with van der Waals surface area (Å²) in [5, 5.41) is 0. The first-order valence-electron chi connectivity index (χ1n) is 1.36. The summed E-state index contributed by atoms with van der Waals surface area (Å²) in [5.74, 6) is 0. The van der Waals surface area contributed by atoms with E-state index in [0.717, 1.165) is 6.29 Å². The number of halogens is 1. The van der Waals surface area contributed by atoms with E-state index in [2.05, 4.69) is 15.9 Å². The van der Waals surface area contributed by atoms with E-state index < -0.39 is 0 Å². The van der Waals surface area contributed by atoms with Crippen molar-refractivity contribution < 1.29 is 4.79 Å². The molecule has 0 amide bonds. The second-order valence-corrected chi connectivity index (χ2v) is 2.26. The van der Waals surface area contributed by atoms with Crippen LogP contribution in [0.15, 0.2) is 0 Å². The zero-order chi connectivity index (χ0) is 4.28. The molecule has 0 N–H and O–H groups in total. The molecule has 1 nitrogen and oxygen atoms in total. The van der Waals surface area contributed by atoms with E-state index in [1.54, 1.807) is 6.92 Å². The van der Waals surface area contributed by atoms with Gasteiger partial charge in [0.15, 0.2) is 0 Å². The third-order valence-corrected chi connectivity index (χ3v) is 0.403. The molecule has 0 aromatic heterocycles. The van der Waals surface area contributed by atoms with Crippen LogP contribution in [0.4, 0.5) is 0 Å². The van der Waals surface area contributed by atoms with E-state index in [0.29, 0.717) is 0 Å². The summed E-state index contributed by atoms with van der Waals surface area (Å²) < 4.78 is 0. The van der Waals surface area contributed by atoms with E-state index in [1.807, 2.05) is 0 Å². The summed E-state index contributed by atoms with van der Waals surface area (Å²) in [6.45, 7) is 1.77. The fourth-order valence-corrected chi connectivity index (χ4v) is 0. The van der Waals surface area contributed by atoms with Gasteiger partial charge in [-0.15, -0.1) is 0 Å². The van der Waals surface area contributed by atoms with Crippen molar-refractivity contribution in [1.82, 2.24) is 0 Å². The van der Waals surface area contributed by atoms with Crippen LogP contribution in [0.25, 0.3) is 0 Å². The van der Waals surface area contributed by atoms with Crippen molar-refractivity contribution in [3.63, 3.8) is 0 Å². The summed E-state index contributed by atoms with van der Waals surface area (Å²) in [7, 11) is 0. The van der Waals surface area contributed by atoms with Gasteiger partial charge >= 0.3 is 0 Å². The van der Waals surface area contributed by atoms with Crippen molar-refractivity contribution in [2.75, 3.05) is 0 Å². The second-order valence-electron chi connectivity index (χ2n) is 0.814. The normalized spacial score (nSPS) is 14.0. The van der Waals surface area contributed by atoms with Gasteiger partial charge in [-0.1, -0.05) is 15.9 Å². The Kier molecular flexibility index (Phi) is 2.46. The zero-order valence-electron chi connectivity index (χ0n) is 2.94. The lowest BCUT2D eigenvalue weighted by atomic mass is 10.6. The standard InChI is InChI=1S/C3H5BrO/c1-3(4)2-5/h2-3H,1H3/t3-/m1/s1. The Labute approximate surface area is 39.5 Å². The molecule has 1 atom stereocenters. The van der Waals surface area contributed by atoms with E-state index in [-0.39, 0.29) is 4.83 Å². The summed E-state index contributed by atoms with van der Waals surface area (Å²) in [5.41, 5.74) is 0. The lowest BCUT2D eigenvalue weighted by molar-refractivity contribution is -0.107. The number of hydrogen-bond acceptors (Lipinski definition) is 1. The summed E-state index contributed by atoms with van der Waals surface area (Å²) in [4.78, 5) is 9.47. The van der Waals surface area contributed by atoms with Crippen molar-refractivity contribution >= 4 is 22.2 Å². The summed E-state index contributed by atoms with van der Waals surface area (Å²) >= 11 is 3.01. The quantitative estimate of drug-likeness (QED) is 0.388. The summed E-state index contributed by atoms with van der Waals surface area (Å²) in [6.07, 6.45) is 0.833. The molecule has 0 aliphatic carbocycles. The lowest BCUT2D eigenvalue weighted by Crippen LogP contribution is -1.85. The number of rotatable bonds is 1. The van der Waals surface area contributed by atoms with E-state index >= 15 is 0 Å². The third kappa shape index (κ3) is 4.15. The van der Waals surface area contributed by atoms with Gasteiger partial charge in [0.25, 0.3) is 0 Å². The molecule has 0 aliphatic heterocycles. The lowest BCUT2D eigenvalue weighted by Gasteiger charge is -1.76. The van der Waals surface area contributed by atoms with Gasteiger partial charge in [-0.3, -0.25) is 0 Å². The Morgan fingerprint density at radius 3 is 2.20 bits per heavy atom. The van der Waals surface area contributed by atoms with Gasteiger partial charge in [-0.05, 0) is 6.92 Å². The number of carbonyl (C=O) groups excluding carboxylic acids is 1. The van der Waals surface area contributed by atoms with Gasteiger partial charge < -0.3 is 4.79 Å². The number of aldehydes is 1. The molecule has 0 unspecified atom stereocenters. The highest BCUT2D eigenvalue weighted by Crippen LogP contribution is 1.87. The SMILES string of the molecule is C[C@@H](Br)C=O. The minimum absolute atomic E-state index is 0.0162. The van der Waals surface area contributed by atoms with Crippen LogP contribution >= 0.6 is 15.9 Å². The molecular weight excluding hydrogens is 132 g/mol. The van der Waals surface area contributed by atoms with Gasteiger partial charge in [-0.25, -0.2) is 0 Å². The molecule has 0 aromatic carbocycles. The molecule has 30 valence electrons. The van der Waals surface area contributed by atoms with Crippen LogP contribution in [-0.2, 0) is 4.79 Å². The van der Waals surface area contributed by atoms with Crippen LogP contribution in [0.3, 0.4) is 0 Å². The number of alkyl halides is 1. The van der Waals surface area contributed by atoms with Crippen LogP contribution in [-0.4, -0.2) is 11.1 Å². The van der Waals surface area contributed by atoms with Gasteiger partial charge in [0.2, 0.25) is 0 Å². The molecule has 0 fully saturated rings. The van der Waals surface area contributed by atoms with Gasteiger partial charge in [0.1, 0.15) is 6.29 Å². The third-order valence-electron chi connectivity index (χ3n) is 0.188. The Hall–Kier alpha value is 0.150. The number of carbonyl (C=O) groups is 1. The van der Waals surface area contributed by atoms with Crippen LogP contribution in [0, 0.1) is 0 Å². The smallest absolute Gasteiger partial charge is 0.133 e. The van der Waals surface area contributed by atoms with Crippen molar-refractivity contribution in [2.24, 2.45) is 0 Å². The van der Waals surface area contributed by atoms with Gasteiger partial charge in [0.05, 0.1) is 4.83 Å². The molecule has 0 heterocycles. The maximum atomic E-state index is 9.46. The average Bonchev–Trinajstić information content (AvgIpc) is 1.38. The monoisotopic (exact) mass is 136 g/mol. The minimum atomic E-state index is 0.0162. The topological polar surface area (TPSA) is 17.1 Å². The fourth-order valence-electron chi connectivity index (χ4n) is 0. The van der Waals surface area contributed by atoms with Crippen molar-refractivity contribution in [2.45, 2.75) is 11.8 Å². The maximum Gasteiger partial charge on any atom is 0.133 e. The molecule has 0 saturated carbocycles. The first kappa shape index (κ1) is 5.15. The molecule has 0 aliphatic rings. The predicted octanol–water partition coefficient (Wildman–Crippen LogP) is 0.969. The molecule has 0 saturated heterocycles. The predicted molar refractivity (Wildman–Crippen MR) is 24.5 cm³/mol. The van der Waals surface area contributed by atoms with Gasteiger partial charge in [0, 0.05) is 0 Å². The average molecular weight is 137 g/mol. The maximum absolute atomic E-state index is 9.46. The highest BCUT2D eigenvalue weighted by atomic mass is 79.9. The molecule has 0 radical (unpaired) electrons. The van der Waals surface area contributed by atoms with Gasteiger partial charge in [-0.2, -0.15) is 0 Å².